The lowest BCUT2D eigenvalue weighted by molar-refractivity contribution is 0.219. The minimum atomic E-state index is -3.09. The molecule has 0 aliphatic heterocycles. The Balaban J connectivity index is 1.64. The van der Waals surface area contributed by atoms with Gasteiger partial charge in [-0.05, 0) is 49.2 Å². The molecule has 4 rings (SSSR count). The quantitative estimate of drug-likeness (QED) is 0.244. The number of halogens is 1. The van der Waals surface area contributed by atoms with Crippen LogP contribution in [0, 0.1) is 0 Å². The van der Waals surface area contributed by atoms with E-state index in [0.717, 1.165) is 16.6 Å². The number of hydrogen-bond acceptors (Lipinski definition) is 3. The molecule has 6 heteroatoms. The predicted molar refractivity (Wildman–Crippen MR) is 127 cm³/mol. The molecule has 156 valence electrons. The average Bonchev–Trinajstić information content (AvgIpc) is 3.03. The van der Waals surface area contributed by atoms with Gasteiger partial charge in [0.1, 0.15) is 0 Å². The molecule has 4 nitrogen and oxygen atoms in total. The van der Waals surface area contributed by atoms with Crippen molar-refractivity contribution in [1.29, 1.82) is 0 Å². The normalized spacial score (nSPS) is 12.1. The fourth-order valence-electron chi connectivity index (χ4n) is 3.87. The summed E-state index contributed by atoms with van der Waals surface area (Å²) in [6, 6.07) is 23.1. The highest BCUT2D eigenvalue weighted by molar-refractivity contribution is 9.10. The Bertz CT molecular complexity index is 1210. The van der Waals surface area contributed by atoms with Gasteiger partial charge in [-0.1, -0.05) is 58.4 Å². The Morgan fingerprint density at radius 3 is 2.17 bits per heavy atom. The molecule has 0 spiro atoms. The van der Waals surface area contributed by atoms with Crippen LogP contribution in [0.15, 0.2) is 71.2 Å². The van der Waals surface area contributed by atoms with E-state index in [0.29, 0.717) is 19.4 Å². The Labute approximate surface area is 185 Å². The van der Waals surface area contributed by atoms with Gasteiger partial charge in [-0.2, -0.15) is 0 Å². The molecule has 0 amide bonds. The van der Waals surface area contributed by atoms with Gasteiger partial charge in [-0.25, -0.2) is 0 Å². The lowest BCUT2D eigenvalue weighted by atomic mass is 10.1. The molecule has 0 saturated heterocycles. The Morgan fingerprint density at radius 2 is 1.47 bits per heavy atom. The fourth-order valence-corrected chi connectivity index (χ4v) is 5.94. The van der Waals surface area contributed by atoms with E-state index in [1.54, 1.807) is 0 Å². The number of nitrogens with zero attached hydrogens (tertiary/aromatic N) is 1. The highest BCUT2D eigenvalue weighted by Crippen LogP contribution is 2.51. The predicted octanol–water partition coefficient (Wildman–Crippen LogP) is 7.37. The van der Waals surface area contributed by atoms with E-state index in [1.165, 1.54) is 27.4 Å². The van der Waals surface area contributed by atoms with Crippen LogP contribution >= 0.6 is 23.5 Å². The summed E-state index contributed by atoms with van der Waals surface area (Å²) in [4.78, 5) is 0. The van der Waals surface area contributed by atoms with Crippen LogP contribution in [0.25, 0.3) is 21.8 Å². The monoisotopic (exact) mass is 485 g/mol. The van der Waals surface area contributed by atoms with Crippen molar-refractivity contribution >= 4 is 45.3 Å². The molecule has 30 heavy (non-hydrogen) atoms. The van der Waals surface area contributed by atoms with Gasteiger partial charge in [0.05, 0.1) is 19.4 Å². The van der Waals surface area contributed by atoms with E-state index in [9.17, 15) is 4.57 Å². The first-order valence-electron chi connectivity index (χ1n) is 10.2. The smallest absolute Gasteiger partial charge is 0.335 e. The van der Waals surface area contributed by atoms with E-state index in [1.807, 2.05) is 26.0 Å². The molecular weight excluding hydrogens is 461 g/mol. The Hall–Kier alpha value is -1.91. The number of para-hydroxylation sites is 1. The standard InChI is InChI=1S/C24H25BrNO3P/c1-3-28-30(27,29-4-2)17-19-11-9-18(10-12-19)16-26-23-8-6-5-7-21(23)22-15-20(25)13-14-24(22)26/h5-15H,3-4,16-17H2,1-2H3. The van der Waals surface area contributed by atoms with Gasteiger partial charge in [0.15, 0.2) is 0 Å². The summed E-state index contributed by atoms with van der Waals surface area (Å²) in [6.45, 7) is 5.18. The second-order valence-corrected chi connectivity index (χ2v) is 10.2. The van der Waals surface area contributed by atoms with Crippen molar-refractivity contribution in [2.75, 3.05) is 13.2 Å². The number of hydrogen-bond donors (Lipinski definition) is 0. The zero-order valence-electron chi connectivity index (χ0n) is 17.2. The third kappa shape index (κ3) is 4.40. The first kappa shape index (κ1) is 21.3. The molecular formula is C24H25BrNO3P. The highest BCUT2D eigenvalue weighted by Gasteiger charge is 2.23. The van der Waals surface area contributed by atoms with Crippen LogP contribution in [0.2, 0.25) is 0 Å². The zero-order chi connectivity index (χ0) is 21.1. The van der Waals surface area contributed by atoms with Crippen molar-refractivity contribution in [1.82, 2.24) is 4.57 Å². The molecule has 3 aromatic carbocycles. The molecule has 4 aromatic rings. The molecule has 0 radical (unpaired) electrons. The number of fused-ring (bicyclic) bond motifs is 3. The molecule has 0 atom stereocenters. The van der Waals surface area contributed by atoms with E-state index in [-0.39, 0.29) is 0 Å². The second kappa shape index (κ2) is 9.07. The molecule has 0 bridgehead atoms. The Kier molecular flexibility index (Phi) is 6.45. The molecule has 0 saturated carbocycles. The first-order valence-corrected chi connectivity index (χ1v) is 12.7. The van der Waals surface area contributed by atoms with Gasteiger partial charge < -0.3 is 13.6 Å². The number of aromatic nitrogens is 1. The van der Waals surface area contributed by atoms with Gasteiger partial charge in [-0.3, -0.25) is 4.57 Å². The van der Waals surface area contributed by atoms with E-state index >= 15 is 0 Å². The van der Waals surface area contributed by atoms with Crippen LogP contribution in [0.4, 0.5) is 0 Å². The van der Waals surface area contributed by atoms with Gasteiger partial charge in [0.2, 0.25) is 0 Å². The molecule has 0 unspecified atom stereocenters. The molecule has 0 fully saturated rings. The van der Waals surface area contributed by atoms with Crippen molar-refractivity contribution < 1.29 is 13.6 Å². The summed E-state index contributed by atoms with van der Waals surface area (Å²) in [6.07, 6.45) is 0.290. The van der Waals surface area contributed by atoms with Gasteiger partial charge >= 0.3 is 7.60 Å². The summed E-state index contributed by atoms with van der Waals surface area (Å²) in [5, 5.41) is 2.49. The third-order valence-corrected chi connectivity index (χ3v) is 7.67. The largest absolute Gasteiger partial charge is 0.336 e. The molecule has 0 aliphatic rings. The van der Waals surface area contributed by atoms with Gasteiger partial charge in [0.25, 0.3) is 0 Å². The van der Waals surface area contributed by atoms with Crippen LogP contribution in [-0.2, 0) is 26.3 Å². The lowest BCUT2D eigenvalue weighted by Crippen LogP contribution is -2.01. The number of benzene rings is 3. The minimum absolute atomic E-state index is 0.290. The van der Waals surface area contributed by atoms with Gasteiger partial charge in [0, 0.05) is 32.8 Å². The van der Waals surface area contributed by atoms with Crippen LogP contribution in [0.1, 0.15) is 25.0 Å². The average molecular weight is 486 g/mol. The SMILES string of the molecule is CCOP(=O)(Cc1ccc(Cn2c3ccccc3c3cc(Br)ccc32)cc1)OCC. The summed E-state index contributed by atoms with van der Waals surface area (Å²) in [7, 11) is -3.09. The fraction of sp³-hybridized carbons (Fsp3) is 0.250. The molecule has 1 heterocycles. The first-order chi connectivity index (χ1) is 14.5. The third-order valence-electron chi connectivity index (χ3n) is 5.13. The molecule has 0 N–H and O–H groups in total. The minimum Gasteiger partial charge on any atom is -0.336 e. The highest BCUT2D eigenvalue weighted by atomic mass is 79.9. The van der Waals surface area contributed by atoms with Crippen LogP contribution in [-0.4, -0.2) is 17.8 Å². The van der Waals surface area contributed by atoms with E-state index in [4.69, 9.17) is 9.05 Å². The summed E-state index contributed by atoms with van der Waals surface area (Å²) < 4.78 is 27.1. The molecule has 1 aromatic heterocycles. The summed E-state index contributed by atoms with van der Waals surface area (Å²) >= 11 is 3.60. The summed E-state index contributed by atoms with van der Waals surface area (Å²) in [5.41, 5.74) is 4.56. The summed E-state index contributed by atoms with van der Waals surface area (Å²) in [5.74, 6) is 0. The van der Waals surface area contributed by atoms with Crippen LogP contribution in [0.3, 0.4) is 0 Å². The van der Waals surface area contributed by atoms with Gasteiger partial charge in [-0.15, -0.1) is 0 Å². The maximum atomic E-state index is 12.8. The lowest BCUT2D eigenvalue weighted by Gasteiger charge is -2.17. The van der Waals surface area contributed by atoms with Crippen molar-refractivity contribution in [3.05, 3.63) is 82.3 Å². The van der Waals surface area contributed by atoms with E-state index < -0.39 is 7.60 Å². The Morgan fingerprint density at radius 1 is 0.833 bits per heavy atom. The van der Waals surface area contributed by atoms with Crippen LogP contribution in [0.5, 0.6) is 0 Å². The maximum absolute atomic E-state index is 12.8. The van der Waals surface area contributed by atoms with Crippen molar-refractivity contribution in [2.24, 2.45) is 0 Å². The maximum Gasteiger partial charge on any atom is 0.335 e. The second-order valence-electron chi connectivity index (χ2n) is 7.19. The van der Waals surface area contributed by atoms with E-state index in [2.05, 4.69) is 75.1 Å². The van der Waals surface area contributed by atoms with Crippen molar-refractivity contribution in [3.63, 3.8) is 0 Å². The van der Waals surface area contributed by atoms with Crippen molar-refractivity contribution in [3.8, 4) is 0 Å². The van der Waals surface area contributed by atoms with Crippen LogP contribution < -0.4 is 0 Å². The molecule has 0 aliphatic carbocycles. The van der Waals surface area contributed by atoms with Crippen molar-refractivity contribution in [2.45, 2.75) is 26.6 Å². The number of rotatable bonds is 8. The topological polar surface area (TPSA) is 40.5 Å². The zero-order valence-corrected chi connectivity index (χ0v) is 19.7.